The number of hydrogen-bond donors (Lipinski definition) is 0. The van der Waals surface area contributed by atoms with Crippen molar-refractivity contribution in [1.82, 2.24) is 4.57 Å². The van der Waals surface area contributed by atoms with E-state index >= 15 is 0 Å². The lowest BCUT2D eigenvalue weighted by molar-refractivity contribution is 0.0516. The Kier molecular flexibility index (Phi) is 5.44. The van der Waals surface area contributed by atoms with E-state index in [1.807, 2.05) is 71.5 Å². The van der Waals surface area contributed by atoms with E-state index in [9.17, 15) is 4.79 Å². The summed E-state index contributed by atoms with van der Waals surface area (Å²) in [5, 5.41) is 4.24. The summed E-state index contributed by atoms with van der Waals surface area (Å²) in [5.41, 5.74) is 3.38. The summed E-state index contributed by atoms with van der Waals surface area (Å²) < 4.78 is 7.42. The van der Waals surface area contributed by atoms with E-state index in [2.05, 4.69) is 0 Å². The molecule has 2 heterocycles. The first-order valence-corrected chi connectivity index (χ1v) is 10.5. The zero-order valence-corrected chi connectivity index (χ0v) is 17.4. The quantitative estimate of drug-likeness (QED) is 0.323. The van der Waals surface area contributed by atoms with Crippen LogP contribution in [0.25, 0.3) is 21.3 Å². The molecule has 0 saturated carbocycles. The van der Waals surface area contributed by atoms with Crippen LogP contribution in [0, 0.1) is 0 Å². The molecule has 6 heteroatoms. The highest BCUT2D eigenvalue weighted by Gasteiger charge is 2.25. The summed E-state index contributed by atoms with van der Waals surface area (Å²) in [5.74, 6) is -0.341. The Bertz CT molecular complexity index is 1130. The predicted molar refractivity (Wildman–Crippen MR) is 117 cm³/mol. The number of thiophene rings is 1. The Balaban J connectivity index is 1.99. The second-order valence-electron chi connectivity index (χ2n) is 6.30. The van der Waals surface area contributed by atoms with Crippen LogP contribution in [0.15, 0.2) is 60.0 Å². The van der Waals surface area contributed by atoms with Crippen molar-refractivity contribution in [3.63, 3.8) is 0 Å². The number of hydrogen-bond acceptors (Lipinski definition) is 3. The predicted octanol–water partition coefficient (Wildman–Crippen LogP) is 6.90. The molecule has 28 heavy (non-hydrogen) atoms. The number of rotatable bonds is 5. The monoisotopic (exact) mass is 429 g/mol. The second-order valence-corrected chi connectivity index (χ2v) is 8.12. The SMILES string of the molecule is CCOC(=O)c1c(-c2cccs2)c2cc(Cl)ccc2n1Cc1ccc(Cl)cc1. The van der Waals surface area contributed by atoms with Gasteiger partial charge in [-0.15, -0.1) is 11.3 Å². The van der Waals surface area contributed by atoms with Gasteiger partial charge in [0.2, 0.25) is 0 Å². The van der Waals surface area contributed by atoms with Crippen LogP contribution in [0.2, 0.25) is 10.0 Å². The van der Waals surface area contributed by atoms with Crippen LogP contribution in [0.1, 0.15) is 23.0 Å². The molecule has 4 rings (SSSR count). The molecule has 0 radical (unpaired) electrons. The van der Waals surface area contributed by atoms with Crippen molar-refractivity contribution in [2.24, 2.45) is 0 Å². The van der Waals surface area contributed by atoms with Gasteiger partial charge in [-0.3, -0.25) is 0 Å². The molecule has 0 bridgehead atoms. The minimum Gasteiger partial charge on any atom is -0.461 e. The van der Waals surface area contributed by atoms with E-state index in [1.165, 1.54) is 0 Å². The zero-order valence-electron chi connectivity index (χ0n) is 15.1. The third-order valence-corrected chi connectivity index (χ3v) is 5.89. The molecule has 0 N–H and O–H groups in total. The van der Waals surface area contributed by atoms with Crippen molar-refractivity contribution in [3.8, 4) is 10.4 Å². The van der Waals surface area contributed by atoms with E-state index in [-0.39, 0.29) is 5.97 Å². The Hall–Kier alpha value is -2.27. The first-order chi connectivity index (χ1) is 13.6. The van der Waals surface area contributed by atoms with Gasteiger partial charge in [0, 0.05) is 37.9 Å². The van der Waals surface area contributed by atoms with Crippen molar-refractivity contribution in [2.45, 2.75) is 13.5 Å². The summed E-state index contributed by atoms with van der Waals surface area (Å²) >= 11 is 13.9. The second kappa shape index (κ2) is 8.00. The Morgan fingerprint density at radius 2 is 1.82 bits per heavy atom. The Morgan fingerprint density at radius 3 is 2.50 bits per heavy atom. The van der Waals surface area contributed by atoms with Gasteiger partial charge >= 0.3 is 5.97 Å². The third kappa shape index (κ3) is 3.55. The van der Waals surface area contributed by atoms with E-state index < -0.39 is 0 Å². The number of carbonyl (C=O) groups excluding carboxylic acids is 1. The molecule has 142 valence electrons. The molecule has 0 spiro atoms. The molecule has 0 aliphatic rings. The number of benzene rings is 2. The summed E-state index contributed by atoms with van der Waals surface area (Å²) in [6.07, 6.45) is 0. The minimum atomic E-state index is -0.341. The van der Waals surface area contributed by atoms with E-state index in [1.54, 1.807) is 11.3 Å². The summed E-state index contributed by atoms with van der Waals surface area (Å²) in [6, 6.07) is 17.3. The van der Waals surface area contributed by atoms with Gasteiger partial charge in [-0.05, 0) is 54.3 Å². The molecule has 3 nitrogen and oxygen atoms in total. The van der Waals surface area contributed by atoms with Gasteiger partial charge in [-0.2, -0.15) is 0 Å². The van der Waals surface area contributed by atoms with Gasteiger partial charge in [0.05, 0.1) is 6.61 Å². The van der Waals surface area contributed by atoms with Crippen molar-refractivity contribution >= 4 is 51.4 Å². The molecule has 0 fully saturated rings. The highest BCUT2D eigenvalue weighted by molar-refractivity contribution is 7.13. The molecular weight excluding hydrogens is 413 g/mol. The number of carbonyl (C=O) groups is 1. The fourth-order valence-corrected chi connectivity index (χ4v) is 4.43. The first kappa shape index (κ1) is 19.1. The normalized spacial score (nSPS) is 11.1. The molecule has 0 aliphatic carbocycles. The van der Waals surface area contributed by atoms with Gasteiger partial charge in [0.25, 0.3) is 0 Å². The van der Waals surface area contributed by atoms with Gasteiger partial charge < -0.3 is 9.30 Å². The van der Waals surface area contributed by atoms with Crippen molar-refractivity contribution in [2.75, 3.05) is 6.61 Å². The largest absolute Gasteiger partial charge is 0.461 e. The van der Waals surface area contributed by atoms with E-state index in [0.29, 0.717) is 28.9 Å². The van der Waals surface area contributed by atoms with Crippen LogP contribution in [0.3, 0.4) is 0 Å². The topological polar surface area (TPSA) is 31.2 Å². The molecular formula is C22H17Cl2NO2S. The molecule has 0 amide bonds. The Morgan fingerprint density at radius 1 is 1.07 bits per heavy atom. The number of ether oxygens (including phenoxy) is 1. The van der Waals surface area contributed by atoms with Gasteiger partial charge in [0.15, 0.2) is 0 Å². The van der Waals surface area contributed by atoms with Crippen molar-refractivity contribution in [3.05, 3.63) is 81.3 Å². The van der Waals surface area contributed by atoms with Crippen LogP contribution in [0.5, 0.6) is 0 Å². The van der Waals surface area contributed by atoms with Crippen LogP contribution < -0.4 is 0 Å². The number of aromatic nitrogens is 1. The fourth-order valence-electron chi connectivity index (χ4n) is 3.35. The lowest BCUT2D eigenvalue weighted by Crippen LogP contribution is -2.14. The summed E-state index contributed by atoms with van der Waals surface area (Å²) in [6.45, 7) is 2.65. The van der Waals surface area contributed by atoms with Gasteiger partial charge in [0.1, 0.15) is 5.69 Å². The molecule has 0 aliphatic heterocycles. The third-order valence-electron chi connectivity index (χ3n) is 4.52. The standard InChI is InChI=1S/C22H17Cl2NO2S/c1-2-27-22(26)21-20(19-4-3-11-28-19)17-12-16(24)9-10-18(17)25(21)13-14-5-7-15(23)8-6-14/h3-12H,2,13H2,1H3. The average molecular weight is 430 g/mol. The lowest BCUT2D eigenvalue weighted by Gasteiger charge is -2.11. The van der Waals surface area contributed by atoms with Gasteiger partial charge in [-0.1, -0.05) is 41.4 Å². The zero-order chi connectivity index (χ0) is 19.7. The fraction of sp³-hybridized carbons (Fsp3) is 0.136. The van der Waals surface area contributed by atoms with Crippen molar-refractivity contribution < 1.29 is 9.53 Å². The maximum atomic E-state index is 13.0. The van der Waals surface area contributed by atoms with Crippen LogP contribution in [-0.4, -0.2) is 17.1 Å². The number of nitrogens with zero attached hydrogens (tertiary/aromatic N) is 1. The van der Waals surface area contributed by atoms with Crippen LogP contribution in [0.4, 0.5) is 0 Å². The van der Waals surface area contributed by atoms with Crippen LogP contribution in [-0.2, 0) is 11.3 Å². The number of halogens is 2. The molecule has 0 atom stereocenters. The van der Waals surface area contributed by atoms with Gasteiger partial charge in [-0.25, -0.2) is 4.79 Å². The summed E-state index contributed by atoms with van der Waals surface area (Å²) in [4.78, 5) is 14.0. The maximum absolute atomic E-state index is 13.0. The minimum absolute atomic E-state index is 0.311. The Labute approximate surface area is 177 Å². The molecule has 4 aromatic rings. The number of fused-ring (bicyclic) bond motifs is 1. The number of esters is 1. The molecule has 2 aromatic heterocycles. The molecule has 2 aromatic carbocycles. The van der Waals surface area contributed by atoms with E-state index in [4.69, 9.17) is 27.9 Å². The lowest BCUT2D eigenvalue weighted by atomic mass is 10.1. The molecule has 0 saturated heterocycles. The average Bonchev–Trinajstić information content (AvgIpc) is 3.30. The summed E-state index contributed by atoms with van der Waals surface area (Å²) in [7, 11) is 0. The smallest absolute Gasteiger partial charge is 0.355 e. The van der Waals surface area contributed by atoms with E-state index in [0.717, 1.165) is 26.9 Å². The first-order valence-electron chi connectivity index (χ1n) is 8.85. The molecule has 0 unspecified atom stereocenters. The maximum Gasteiger partial charge on any atom is 0.355 e. The van der Waals surface area contributed by atoms with Crippen molar-refractivity contribution in [1.29, 1.82) is 0 Å². The highest BCUT2D eigenvalue weighted by atomic mass is 35.5. The van der Waals surface area contributed by atoms with Crippen LogP contribution >= 0.6 is 34.5 Å². The highest BCUT2D eigenvalue weighted by Crippen LogP contribution is 2.39.